The molecular formula is C40H25NO2. The highest BCUT2D eigenvalue weighted by atomic mass is 16.2. The molecule has 0 bridgehead atoms. The largest absolute Gasteiger partial charge is 0.310 e. The van der Waals surface area contributed by atoms with E-state index in [1.165, 1.54) is 10.8 Å². The number of hydrogen-bond donors (Lipinski definition) is 0. The van der Waals surface area contributed by atoms with E-state index in [9.17, 15) is 9.59 Å². The number of carbonyl (C=O) groups excluding carboxylic acids is 2. The van der Waals surface area contributed by atoms with Crippen molar-refractivity contribution in [2.45, 2.75) is 0 Å². The highest BCUT2D eigenvalue weighted by Crippen LogP contribution is 2.38. The summed E-state index contributed by atoms with van der Waals surface area (Å²) in [7, 11) is 0. The molecule has 43 heavy (non-hydrogen) atoms. The van der Waals surface area contributed by atoms with Gasteiger partial charge in [-0.1, -0.05) is 91.0 Å². The smallest absolute Gasteiger partial charge is 0.197 e. The van der Waals surface area contributed by atoms with Crippen molar-refractivity contribution < 1.29 is 9.59 Å². The van der Waals surface area contributed by atoms with E-state index in [1.807, 2.05) is 54.6 Å². The van der Waals surface area contributed by atoms with Gasteiger partial charge < -0.3 is 4.90 Å². The standard InChI is InChI=1S/C40H25NO2/c42-39-36-24-29-10-6-7-11-30(29)25-37(36)40(43)38(39)21-26-14-15-32-23-35(19-17-31(32)20-26)41(33-12-2-1-3-13-33)34-18-16-27-8-4-5-9-28(27)22-34/h1-25H. The second kappa shape index (κ2) is 9.93. The molecule has 8 rings (SSSR count). The fourth-order valence-corrected chi connectivity index (χ4v) is 6.13. The van der Waals surface area contributed by atoms with Crippen LogP contribution in [0.25, 0.3) is 38.4 Å². The quantitative estimate of drug-likeness (QED) is 0.161. The molecule has 1 aliphatic carbocycles. The molecule has 0 heterocycles. The van der Waals surface area contributed by atoms with Gasteiger partial charge in [0.1, 0.15) is 0 Å². The molecule has 0 aliphatic heterocycles. The van der Waals surface area contributed by atoms with Crippen molar-refractivity contribution in [3.05, 3.63) is 168 Å². The third-order valence-corrected chi connectivity index (χ3v) is 8.29. The monoisotopic (exact) mass is 551 g/mol. The van der Waals surface area contributed by atoms with Crippen LogP contribution < -0.4 is 4.90 Å². The van der Waals surface area contributed by atoms with E-state index < -0.39 is 0 Å². The summed E-state index contributed by atoms with van der Waals surface area (Å²) in [6.45, 7) is 0. The normalized spacial score (nSPS) is 12.7. The maximum absolute atomic E-state index is 13.3. The second-order valence-corrected chi connectivity index (χ2v) is 11.0. The van der Waals surface area contributed by atoms with Crippen LogP contribution in [-0.4, -0.2) is 11.6 Å². The Morgan fingerprint density at radius 3 is 1.49 bits per heavy atom. The molecule has 0 unspecified atom stereocenters. The molecule has 0 atom stereocenters. The Kier molecular flexibility index (Phi) is 5.76. The summed E-state index contributed by atoms with van der Waals surface area (Å²) >= 11 is 0. The average molecular weight is 552 g/mol. The molecule has 0 amide bonds. The number of Topliss-reactive ketones (excluding diaryl/α,β-unsaturated/α-hetero) is 2. The summed E-state index contributed by atoms with van der Waals surface area (Å²) in [6.07, 6.45) is 1.73. The van der Waals surface area contributed by atoms with Gasteiger partial charge in [0.2, 0.25) is 0 Å². The molecule has 7 aromatic carbocycles. The van der Waals surface area contributed by atoms with Crippen molar-refractivity contribution in [3.8, 4) is 0 Å². The Bertz CT molecular complexity index is 2220. The topological polar surface area (TPSA) is 37.4 Å². The van der Waals surface area contributed by atoms with Crippen LogP contribution in [0.1, 0.15) is 26.3 Å². The summed E-state index contributed by atoms with van der Waals surface area (Å²) in [5.74, 6) is -0.426. The Hall–Kier alpha value is -5.80. The Labute approximate surface area is 248 Å². The predicted molar refractivity (Wildman–Crippen MR) is 177 cm³/mol. The maximum Gasteiger partial charge on any atom is 0.197 e. The lowest BCUT2D eigenvalue weighted by atomic mass is 10.0. The van der Waals surface area contributed by atoms with Gasteiger partial charge in [-0.05, 0) is 98.6 Å². The first kappa shape index (κ1) is 25.0. The van der Waals surface area contributed by atoms with Gasteiger partial charge in [-0.25, -0.2) is 0 Å². The summed E-state index contributed by atoms with van der Waals surface area (Å²) in [5.41, 5.74) is 5.20. The SMILES string of the molecule is O=C1C(=Cc2ccc3cc(N(c4ccccc4)c4ccc5ccccc5c4)ccc3c2)C(=O)c2cc3ccccc3cc21. The molecule has 0 saturated carbocycles. The van der Waals surface area contributed by atoms with Gasteiger partial charge in [-0.15, -0.1) is 0 Å². The molecule has 3 heteroatoms. The lowest BCUT2D eigenvalue weighted by Gasteiger charge is -2.26. The molecule has 202 valence electrons. The molecule has 0 saturated heterocycles. The van der Waals surface area contributed by atoms with E-state index in [0.29, 0.717) is 11.1 Å². The summed E-state index contributed by atoms with van der Waals surface area (Å²) < 4.78 is 0. The number of ketones is 2. The molecule has 1 aliphatic rings. The fraction of sp³-hybridized carbons (Fsp3) is 0. The molecule has 0 N–H and O–H groups in total. The first-order chi connectivity index (χ1) is 21.1. The van der Waals surface area contributed by atoms with Crippen molar-refractivity contribution in [2.75, 3.05) is 4.90 Å². The van der Waals surface area contributed by atoms with Crippen molar-refractivity contribution in [2.24, 2.45) is 0 Å². The third kappa shape index (κ3) is 4.30. The Balaban J connectivity index is 1.17. The van der Waals surface area contributed by atoms with E-state index in [0.717, 1.165) is 44.2 Å². The molecule has 0 spiro atoms. The number of allylic oxidation sites excluding steroid dienone is 1. The number of benzene rings is 7. The lowest BCUT2D eigenvalue weighted by molar-refractivity contribution is 0.0990. The van der Waals surface area contributed by atoms with Crippen LogP contribution in [0.3, 0.4) is 0 Å². The minimum absolute atomic E-state index is 0.213. The van der Waals surface area contributed by atoms with Crippen LogP contribution in [-0.2, 0) is 0 Å². The number of anilines is 3. The zero-order chi connectivity index (χ0) is 28.9. The predicted octanol–water partition coefficient (Wildman–Crippen LogP) is 10.1. The van der Waals surface area contributed by atoms with Crippen LogP contribution in [0.4, 0.5) is 17.1 Å². The lowest BCUT2D eigenvalue weighted by Crippen LogP contribution is -2.09. The van der Waals surface area contributed by atoms with E-state index in [-0.39, 0.29) is 17.1 Å². The van der Waals surface area contributed by atoms with Crippen LogP contribution in [0.5, 0.6) is 0 Å². The van der Waals surface area contributed by atoms with Crippen molar-refractivity contribution in [3.63, 3.8) is 0 Å². The zero-order valence-electron chi connectivity index (χ0n) is 23.2. The fourth-order valence-electron chi connectivity index (χ4n) is 6.13. The van der Waals surface area contributed by atoms with Crippen LogP contribution >= 0.6 is 0 Å². The minimum Gasteiger partial charge on any atom is -0.310 e. The van der Waals surface area contributed by atoms with Crippen LogP contribution in [0, 0.1) is 0 Å². The summed E-state index contributed by atoms with van der Waals surface area (Å²) in [6, 6.07) is 49.2. The number of rotatable bonds is 4. The highest BCUT2D eigenvalue weighted by Gasteiger charge is 2.33. The van der Waals surface area contributed by atoms with Gasteiger partial charge in [0, 0.05) is 28.2 Å². The molecule has 0 aromatic heterocycles. The number of fused-ring (bicyclic) bond motifs is 4. The van der Waals surface area contributed by atoms with Crippen LogP contribution in [0.15, 0.2) is 151 Å². The molecule has 0 fully saturated rings. The Morgan fingerprint density at radius 2 is 0.860 bits per heavy atom. The van der Waals surface area contributed by atoms with E-state index in [4.69, 9.17) is 0 Å². The minimum atomic E-state index is -0.213. The number of nitrogens with zero attached hydrogens (tertiary/aromatic N) is 1. The first-order valence-electron chi connectivity index (χ1n) is 14.3. The van der Waals surface area contributed by atoms with Gasteiger partial charge in [-0.2, -0.15) is 0 Å². The van der Waals surface area contributed by atoms with Crippen molar-refractivity contribution in [1.82, 2.24) is 0 Å². The number of hydrogen-bond acceptors (Lipinski definition) is 3. The first-order valence-corrected chi connectivity index (χ1v) is 14.3. The van der Waals surface area contributed by atoms with Crippen molar-refractivity contribution >= 4 is 67.0 Å². The molecule has 7 aromatic rings. The second-order valence-electron chi connectivity index (χ2n) is 11.0. The van der Waals surface area contributed by atoms with Crippen LogP contribution in [0.2, 0.25) is 0 Å². The summed E-state index contributed by atoms with van der Waals surface area (Å²) in [5, 5.41) is 6.41. The molecule has 3 nitrogen and oxygen atoms in total. The third-order valence-electron chi connectivity index (χ3n) is 8.29. The maximum atomic E-state index is 13.3. The average Bonchev–Trinajstić information content (AvgIpc) is 3.28. The number of carbonyl (C=O) groups is 2. The Morgan fingerprint density at radius 1 is 0.395 bits per heavy atom. The molecule has 0 radical (unpaired) electrons. The van der Waals surface area contributed by atoms with Gasteiger partial charge in [0.05, 0.1) is 5.57 Å². The van der Waals surface area contributed by atoms with Gasteiger partial charge in [-0.3, -0.25) is 9.59 Å². The summed E-state index contributed by atoms with van der Waals surface area (Å²) in [4.78, 5) is 28.9. The van der Waals surface area contributed by atoms with Gasteiger partial charge >= 0.3 is 0 Å². The van der Waals surface area contributed by atoms with E-state index in [2.05, 4.69) is 95.9 Å². The number of para-hydroxylation sites is 1. The van der Waals surface area contributed by atoms with E-state index >= 15 is 0 Å². The van der Waals surface area contributed by atoms with Crippen molar-refractivity contribution in [1.29, 1.82) is 0 Å². The van der Waals surface area contributed by atoms with Gasteiger partial charge in [0.15, 0.2) is 11.6 Å². The van der Waals surface area contributed by atoms with Gasteiger partial charge in [0.25, 0.3) is 0 Å². The van der Waals surface area contributed by atoms with E-state index in [1.54, 1.807) is 6.08 Å². The zero-order valence-corrected chi connectivity index (χ0v) is 23.2. The molecular weight excluding hydrogens is 526 g/mol. The highest BCUT2D eigenvalue weighted by molar-refractivity contribution is 6.42.